The SMILES string of the molecule is CN1CCCC1=O.OO. The minimum Gasteiger partial charge on any atom is -0.346 e. The van der Waals surface area contributed by atoms with Crippen molar-refractivity contribution in [2.24, 2.45) is 0 Å². The quantitative estimate of drug-likeness (QED) is 0.368. The summed E-state index contributed by atoms with van der Waals surface area (Å²) in [6.07, 6.45) is 1.81. The molecule has 9 heavy (non-hydrogen) atoms. The van der Waals surface area contributed by atoms with Gasteiger partial charge < -0.3 is 4.90 Å². The van der Waals surface area contributed by atoms with Crippen molar-refractivity contribution in [3.8, 4) is 0 Å². The smallest absolute Gasteiger partial charge is 0.222 e. The van der Waals surface area contributed by atoms with Crippen LogP contribution in [0.15, 0.2) is 0 Å². The van der Waals surface area contributed by atoms with E-state index in [-0.39, 0.29) is 0 Å². The van der Waals surface area contributed by atoms with Crippen LogP contribution in [0.2, 0.25) is 0 Å². The summed E-state index contributed by atoms with van der Waals surface area (Å²) in [7, 11) is 1.84. The molecule has 2 N–H and O–H groups in total. The van der Waals surface area contributed by atoms with E-state index in [9.17, 15) is 4.79 Å². The normalized spacial score (nSPS) is 17.2. The molecule has 0 atom stereocenters. The first-order valence-electron chi connectivity index (χ1n) is 2.74. The number of hydrogen-bond donors (Lipinski definition) is 2. The van der Waals surface area contributed by atoms with Gasteiger partial charge in [0.15, 0.2) is 0 Å². The molecule has 1 rings (SSSR count). The van der Waals surface area contributed by atoms with Crippen LogP contribution in [0.3, 0.4) is 0 Å². The summed E-state index contributed by atoms with van der Waals surface area (Å²) in [6, 6.07) is 0. The molecule has 4 nitrogen and oxygen atoms in total. The molecule has 0 aromatic heterocycles. The zero-order chi connectivity index (χ0) is 7.28. The maximum atomic E-state index is 10.5. The highest BCUT2D eigenvalue weighted by Crippen LogP contribution is 2.04. The number of carbonyl (C=O) groups is 1. The number of rotatable bonds is 0. The van der Waals surface area contributed by atoms with E-state index in [0.29, 0.717) is 5.91 Å². The summed E-state index contributed by atoms with van der Waals surface area (Å²) in [6.45, 7) is 0.957. The van der Waals surface area contributed by atoms with E-state index >= 15 is 0 Å². The van der Waals surface area contributed by atoms with Crippen LogP contribution in [-0.2, 0) is 4.79 Å². The highest BCUT2D eigenvalue weighted by Gasteiger charge is 2.14. The van der Waals surface area contributed by atoms with Gasteiger partial charge in [-0.25, -0.2) is 0 Å². The van der Waals surface area contributed by atoms with Gasteiger partial charge in [-0.3, -0.25) is 15.3 Å². The van der Waals surface area contributed by atoms with E-state index in [4.69, 9.17) is 10.5 Å². The minimum atomic E-state index is 0.292. The molecule has 0 aromatic rings. The molecule has 0 aliphatic carbocycles. The summed E-state index contributed by atoms with van der Waals surface area (Å²) < 4.78 is 0. The molecule has 1 saturated heterocycles. The molecule has 0 bridgehead atoms. The molecule has 0 spiro atoms. The average Bonchev–Trinajstić information content (AvgIpc) is 2.23. The maximum Gasteiger partial charge on any atom is 0.222 e. The van der Waals surface area contributed by atoms with Crippen molar-refractivity contribution in [1.29, 1.82) is 0 Å². The fourth-order valence-corrected chi connectivity index (χ4v) is 0.783. The standard InChI is InChI=1S/C5H9NO.H2O2/c1-6-4-2-3-5(6)7;1-2/h2-4H2,1H3;1-2H. The van der Waals surface area contributed by atoms with Crippen molar-refractivity contribution in [2.45, 2.75) is 12.8 Å². The molecule has 1 fully saturated rings. The Hall–Kier alpha value is -0.610. The van der Waals surface area contributed by atoms with E-state index < -0.39 is 0 Å². The Morgan fingerprint density at radius 2 is 2.11 bits per heavy atom. The van der Waals surface area contributed by atoms with Crippen LogP contribution in [0.4, 0.5) is 0 Å². The lowest BCUT2D eigenvalue weighted by atomic mass is 10.4. The van der Waals surface area contributed by atoms with Crippen LogP contribution in [0, 0.1) is 0 Å². The molecule has 1 aliphatic heterocycles. The second-order valence-corrected chi connectivity index (χ2v) is 1.92. The van der Waals surface area contributed by atoms with Crippen molar-refractivity contribution in [2.75, 3.05) is 13.6 Å². The Labute approximate surface area is 53.6 Å². The predicted octanol–water partition coefficient (Wildman–Crippen LogP) is 0.256. The van der Waals surface area contributed by atoms with Gasteiger partial charge in [0.25, 0.3) is 0 Å². The highest BCUT2D eigenvalue weighted by molar-refractivity contribution is 5.77. The van der Waals surface area contributed by atoms with Gasteiger partial charge in [0.05, 0.1) is 0 Å². The summed E-state index contributed by atoms with van der Waals surface area (Å²) in [5, 5.41) is 12.0. The fraction of sp³-hybridized carbons (Fsp3) is 0.800. The van der Waals surface area contributed by atoms with E-state index in [1.54, 1.807) is 4.90 Å². The largest absolute Gasteiger partial charge is 0.346 e. The van der Waals surface area contributed by atoms with Gasteiger partial charge in [-0.2, -0.15) is 0 Å². The third-order valence-electron chi connectivity index (χ3n) is 1.31. The molecule has 0 saturated carbocycles. The highest BCUT2D eigenvalue weighted by atomic mass is 17.0. The number of nitrogens with zero attached hydrogens (tertiary/aromatic N) is 1. The van der Waals surface area contributed by atoms with Crippen LogP contribution in [-0.4, -0.2) is 34.9 Å². The number of amides is 1. The lowest BCUT2D eigenvalue weighted by molar-refractivity contribution is -0.176. The second kappa shape index (κ2) is 4.29. The summed E-state index contributed by atoms with van der Waals surface area (Å²) >= 11 is 0. The zero-order valence-electron chi connectivity index (χ0n) is 5.37. The lowest BCUT2D eigenvalue weighted by Crippen LogP contribution is -2.17. The Kier molecular flexibility index (Phi) is 4.00. The van der Waals surface area contributed by atoms with E-state index in [1.165, 1.54) is 0 Å². The molecule has 1 heterocycles. The van der Waals surface area contributed by atoms with Gasteiger partial charge in [-0.15, -0.1) is 0 Å². The van der Waals surface area contributed by atoms with Crippen molar-refractivity contribution in [3.63, 3.8) is 0 Å². The van der Waals surface area contributed by atoms with Gasteiger partial charge >= 0.3 is 0 Å². The first kappa shape index (κ1) is 8.39. The van der Waals surface area contributed by atoms with Crippen molar-refractivity contribution >= 4 is 5.91 Å². The van der Waals surface area contributed by atoms with Crippen LogP contribution in [0.25, 0.3) is 0 Å². The van der Waals surface area contributed by atoms with E-state index in [2.05, 4.69) is 0 Å². The molecule has 1 aliphatic rings. The van der Waals surface area contributed by atoms with E-state index in [1.807, 2.05) is 7.05 Å². The Morgan fingerprint density at radius 3 is 2.22 bits per heavy atom. The van der Waals surface area contributed by atoms with Gasteiger partial charge in [-0.05, 0) is 6.42 Å². The molecular weight excluding hydrogens is 122 g/mol. The molecule has 1 amide bonds. The molecule has 0 unspecified atom stereocenters. The maximum absolute atomic E-state index is 10.5. The van der Waals surface area contributed by atoms with Crippen LogP contribution in [0.5, 0.6) is 0 Å². The number of likely N-dealkylation sites (tertiary alicyclic amines) is 1. The summed E-state index contributed by atoms with van der Waals surface area (Å²) in [4.78, 5) is 12.3. The predicted molar refractivity (Wildman–Crippen MR) is 32.1 cm³/mol. The first-order valence-corrected chi connectivity index (χ1v) is 2.74. The number of hydrogen-bond acceptors (Lipinski definition) is 3. The third-order valence-corrected chi connectivity index (χ3v) is 1.31. The van der Waals surface area contributed by atoms with Crippen LogP contribution >= 0.6 is 0 Å². The molecular formula is C5H11NO3. The van der Waals surface area contributed by atoms with Crippen molar-refractivity contribution < 1.29 is 15.3 Å². The van der Waals surface area contributed by atoms with Crippen LogP contribution in [0.1, 0.15) is 12.8 Å². The fourth-order valence-electron chi connectivity index (χ4n) is 0.783. The van der Waals surface area contributed by atoms with Gasteiger partial charge in [0.2, 0.25) is 5.91 Å². The molecule has 54 valence electrons. The zero-order valence-corrected chi connectivity index (χ0v) is 5.37. The second-order valence-electron chi connectivity index (χ2n) is 1.92. The average molecular weight is 133 g/mol. The lowest BCUT2D eigenvalue weighted by Gasteiger charge is -2.03. The third kappa shape index (κ3) is 2.43. The van der Waals surface area contributed by atoms with Gasteiger partial charge in [0.1, 0.15) is 0 Å². The molecule has 0 radical (unpaired) electrons. The Morgan fingerprint density at radius 1 is 1.56 bits per heavy atom. The van der Waals surface area contributed by atoms with Crippen LogP contribution < -0.4 is 0 Å². The van der Waals surface area contributed by atoms with Crippen molar-refractivity contribution in [1.82, 2.24) is 4.90 Å². The molecule has 0 aromatic carbocycles. The monoisotopic (exact) mass is 133 g/mol. The van der Waals surface area contributed by atoms with Gasteiger partial charge in [-0.1, -0.05) is 0 Å². The topological polar surface area (TPSA) is 60.8 Å². The first-order chi connectivity index (χ1) is 4.30. The number of carbonyl (C=O) groups excluding carboxylic acids is 1. The van der Waals surface area contributed by atoms with E-state index in [0.717, 1.165) is 19.4 Å². The Balaban J connectivity index is 0.000000291. The summed E-state index contributed by atoms with van der Waals surface area (Å²) in [5.74, 6) is 0.292. The summed E-state index contributed by atoms with van der Waals surface area (Å²) in [5.41, 5.74) is 0. The molecule has 4 heteroatoms. The van der Waals surface area contributed by atoms with Crippen molar-refractivity contribution in [3.05, 3.63) is 0 Å². The Bertz CT molecular complexity index is 94.2. The minimum absolute atomic E-state index is 0.292. The van der Waals surface area contributed by atoms with Gasteiger partial charge in [0, 0.05) is 20.0 Å².